The van der Waals surface area contributed by atoms with Crippen LogP contribution < -0.4 is 15.1 Å². The Kier molecular flexibility index (Phi) is 14.9. The molecule has 3 aromatic carbocycles. The number of aliphatic carboxylic acids is 1. The number of ether oxygens (including phenoxy) is 2. The highest BCUT2D eigenvalue weighted by atomic mass is 28.4. The molecular weight excluding hydrogens is 669 g/mol. The molecule has 8 heteroatoms. The summed E-state index contributed by atoms with van der Waals surface area (Å²) in [7, 11) is -3.34. The number of methoxy groups -OCH3 is 1. The number of hydrogen-bond donors (Lipinski definition) is 1. The van der Waals surface area contributed by atoms with Crippen LogP contribution in [0.25, 0.3) is 0 Å². The average molecular weight is 735 g/mol. The molecule has 1 N–H and O–H groups in total. The summed E-state index contributed by atoms with van der Waals surface area (Å²) in [5, 5.41) is 12.7. The van der Waals surface area contributed by atoms with Crippen molar-refractivity contribution in [2.24, 2.45) is 23.7 Å². The summed E-state index contributed by atoms with van der Waals surface area (Å²) < 4.78 is 26.5. The van der Waals surface area contributed by atoms with Crippen molar-refractivity contribution in [1.82, 2.24) is 0 Å². The summed E-state index contributed by atoms with van der Waals surface area (Å²) in [5.74, 6) is -0.600. The van der Waals surface area contributed by atoms with E-state index >= 15 is 0 Å². The van der Waals surface area contributed by atoms with Crippen LogP contribution in [-0.4, -0.2) is 53.6 Å². The van der Waals surface area contributed by atoms with Crippen molar-refractivity contribution >= 4 is 33.0 Å². The van der Waals surface area contributed by atoms with Crippen LogP contribution in [0.15, 0.2) is 84.9 Å². The topological polar surface area (TPSA) is 74.2 Å². The van der Waals surface area contributed by atoms with E-state index in [1.54, 1.807) is 14.0 Å². The number of carboxylic acid groups (broad SMARTS) is 1. The zero-order valence-electron chi connectivity index (χ0n) is 33.7. The van der Waals surface area contributed by atoms with Crippen LogP contribution in [0.1, 0.15) is 81.2 Å². The van der Waals surface area contributed by atoms with Gasteiger partial charge < -0.3 is 23.4 Å². The molecule has 0 saturated heterocycles. The SMILES string of the molecule is COc1ccc(CO[C@@H]([C@@H](C)[C@H](O[Si](C)(C)C(C)(C)C)[C@@H](C)C(=O)O)[C@@H](C)C[C@@H](C)CO[Si](c2ccccc2)(c2ccccc2)C(C)(C)C)cc1. The molecule has 6 atom stereocenters. The number of hydrogen-bond acceptors (Lipinski definition) is 5. The third-order valence-corrected chi connectivity index (χ3v) is 20.6. The lowest BCUT2D eigenvalue weighted by Crippen LogP contribution is -2.66. The molecule has 282 valence electrons. The number of benzene rings is 3. The van der Waals surface area contributed by atoms with E-state index in [0.29, 0.717) is 13.2 Å². The van der Waals surface area contributed by atoms with E-state index in [2.05, 4.69) is 136 Å². The molecule has 3 rings (SSSR count). The van der Waals surface area contributed by atoms with Crippen LogP contribution >= 0.6 is 0 Å². The number of carbonyl (C=O) groups is 1. The quantitative estimate of drug-likeness (QED) is 0.131. The summed E-state index contributed by atoms with van der Waals surface area (Å²) >= 11 is 0. The molecule has 0 aliphatic heterocycles. The van der Waals surface area contributed by atoms with E-state index in [0.717, 1.165) is 17.7 Å². The molecule has 6 nitrogen and oxygen atoms in total. The van der Waals surface area contributed by atoms with Crippen molar-refractivity contribution in [2.75, 3.05) is 13.7 Å². The Morgan fingerprint density at radius 3 is 1.69 bits per heavy atom. The van der Waals surface area contributed by atoms with Crippen LogP contribution in [-0.2, 0) is 25.0 Å². The highest BCUT2D eigenvalue weighted by Crippen LogP contribution is 2.41. The lowest BCUT2D eigenvalue weighted by atomic mass is 9.81. The second-order valence-corrected chi connectivity index (χ2v) is 26.3. The first-order valence-corrected chi connectivity index (χ1v) is 23.5. The second kappa shape index (κ2) is 17.8. The smallest absolute Gasteiger partial charge is 0.308 e. The minimum absolute atomic E-state index is 0.0684. The van der Waals surface area contributed by atoms with Crippen LogP contribution in [0.4, 0.5) is 0 Å². The molecule has 0 aliphatic rings. The summed E-state index contributed by atoms with van der Waals surface area (Å²) in [6.07, 6.45) is 0.0961. The van der Waals surface area contributed by atoms with Crippen molar-refractivity contribution < 1.29 is 28.2 Å². The first-order valence-electron chi connectivity index (χ1n) is 18.6. The van der Waals surface area contributed by atoms with Gasteiger partial charge in [0.05, 0.1) is 31.8 Å². The average Bonchev–Trinajstić information content (AvgIpc) is 3.07. The summed E-state index contributed by atoms with van der Waals surface area (Å²) in [6.45, 7) is 27.3. The number of carboxylic acids is 1. The third kappa shape index (κ3) is 10.7. The standard InChI is InChI=1S/C43H66O6Si2/c1-31(29-48-51(43(8,9)10,37-20-16-14-17-21-37)38-22-18-15-19-23-38)28-32(2)39(47-30-35-24-26-36(46-11)27-25-35)33(3)40(34(4)41(44)45)49-50(12,13)42(5,6)7/h14-27,31-34,39-40H,28-30H2,1-13H3,(H,44,45)/t31-,32+,33-,34-,39-,40+/m1/s1. The van der Waals surface area contributed by atoms with E-state index in [1.807, 2.05) is 24.3 Å². The van der Waals surface area contributed by atoms with Crippen LogP contribution in [0, 0.1) is 23.7 Å². The highest BCUT2D eigenvalue weighted by Gasteiger charge is 2.50. The van der Waals surface area contributed by atoms with E-state index in [1.165, 1.54) is 10.4 Å². The van der Waals surface area contributed by atoms with Gasteiger partial charge in [0.15, 0.2) is 8.32 Å². The lowest BCUT2D eigenvalue weighted by Gasteiger charge is -2.45. The van der Waals surface area contributed by atoms with Gasteiger partial charge in [-0.25, -0.2) is 0 Å². The Hall–Kier alpha value is -2.76. The van der Waals surface area contributed by atoms with E-state index in [4.69, 9.17) is 18.3 Å². The minimum atomic E-state index is -2.69. The van der Waals surface area contributed by atoms with Gasteiger partial charge >= 0.3 is 5.97 Å². The van der Waals surface area contributed by atoms with Crippen molar-refractivity contribution in [3.63, 3.8) is 0 Å². The molecule has 3 aromatic rings. The van der Waals surface area contributed by atoms with E-state index in [-0.39, 0.29) is 33.9 Å². The van der Waals surface area contributed by atoms with Crippen molar-refractivity contribution in [2.45, 2.75) is 118 Å². The fourth-order valence-electron chi connectivity index (χ4n) is 7.12. The highest BCUT2D eigenvalue weighted by molar-refractivity contribution is 6.99. The van der Waals surface area contributed by atoms with Gasteiger partial charge in [-0.1, -0.05) is 135 Å². The molecule has 0 aromatic heterocycles. The predicted octanol–water partition coefficient (Wildman–Crippen LogP) is 9.57. The van der Waals surface area contributed by atoms with Gasteiger partial charge in [-0.2, -0.15) is 0 Å². The lowest BCUT2D eigenvalue weighted by molar-refractivity contribution is -0.148. The maximum atomic E-state index is 12.6. The molecule has 51 heavy (non-hydrogen) atoms. The Labute approximate surface area is 311 Å². The summed E-state index contributed by atoms with van der Waals surface area (Å²) in [4.78, 5) is 12.6. The largest absolute Gasteiger partial charge is 0.497 e. The predicted molar refractivity (Wildman–Crippen MR) is 216 cm³/mol. The fraction of sp³-hybridized carbons (Fsp3) is 0.558. The molecule has 0 heterocycles. The molecule has 0 saturated carbocycles. The molecule has 0 fully saturated rings. The molecule has 0 unspecified atom stereocenters. The van der Waals surface area contributed by atoms with Crippen molar-refractivity contribution in [1.29, 1.82) is 0 Å². The molecule has 0 amide bonds. The van der Waals surface area contributed by atoms with Crippen molar-refractivity contribution in [3.8, 4) is 5.75 Å². The maximum Gasteiger partial charge on any atom is 0.308 e. The Balaban J connectivity index is 1.95. The monoisotopic (exact) mass is 734 g/mol. The van der Waals surface area contributed by atoms with E-state index in [9.17, 15) is 9.90 Å². The molecule has 0 bridgehead atoms. The second-order valence-electron chi connectivity index (χ2n) is 17.2. The third-order valence-electron chi connectivity index (χ3n) is 11.1. The minimum Gasteiger partial charge on any atom is -0.497 e. The van der Waals surface area contributed by atoms with Crippen LogP contribution in [0.2, 0.25) is 23.2 Å². The first kappa shape index (κ1) is 42.7. The number of rotatable bonds is 18. The molecule has 0 spiro atoms. The molecule has 0 aliphatic carbocycles. The van der Waals surface area contributed by atoms with Gasteiger partial charge in [0.25, 0.3) is 8.32 Å². The van der Waals surface area contributed by atoms with Gasteiger partial charge in [-0.3, -0.25) is 4.79 Å². The maximum absolute atomic E-state index is 12.6. The normalized spacial score (nSPS) is 16.5. The van der Waals surface area contributed by atoms with E-state index < -0.39 is 34.6 Å². The van der Waals surface area contributed by atoms with Crippen molar-refractivity contribution in [3.05, 3.63) is 90.5 Å². The zero-order chi connectivity index (χ0) is 38.2. The fourth-order valence-corrected chi connectivity index (χ4v) is 13.3. The van der Waals surface area contributed by atoms with Gasteiger partial charge in [0.1, 0.15) is 5.75 Å². The Morgan fingerprint density at radius 1 is 0.745 bits per heavy atom. The van der Waals surface area contributed by atoms with Crippen LogP contribution in [0.5, 0.6) is 5.75 Å². The van der Waals surface area contributed by atoms with Gasteiger partial charge in [-0.15, -0.1) is 0 Å². The first-order chi connectivity index (χ1) is 23.7. The zero-order valence-corrected chi connectivity index (χ0v) is 35.7. The van der Waals surface area contributed by atoms with Crippen LogP contribution in [0.3, 0.4) is 0 Å². The Bertz CT molecular complexity index is 1440. The van der Waals surface area contributed by atoms with Gasteiger partial charge in [0.2, 0.25) is 0 Å². The van der Waals surface area contributed by atoms with Gasteiger partial charge in [0, 0.05) is 12.5 Å². The summed E-state index contributed by atoms with van der Waals surface area (Å²) in [5.41, 5.74) is 1.04. The molecule has 0 radical (unpaired) electrons. The van der Waals surface area contributed by atoms with Gasteiger partial charge in [-0.05, 0) is 76.4 Å². The summed E-state index contributed by atoms with van der Waals surface area (Å²) in [6, 6.07) is 29.5. The molecular formula is C43H66O6Si2. The Morgan fingerprint density at radius 2 is 1.25 bits per heavy atom.